The minimum Gasteiger partial charge on any atom is -0.177 e. The number of tetrazole rings is 1. The smallest absolute Gasteiger partial charge is 0.177 e. The molecule has 0 aliphatic heterocycles. The Morgan fingerprint density at radius 1 is 1.29 bits per heavy atom. The lowest BCUT2D eigenvalue weighted by Gasteiger charge is -1.93. The highest BCUT2D eigenvalue weighted by Gasteiger charge is 2.00. The fraction of sp³-hybridized carbons (Fsp3) is 0. The zero-order valence-electron chi connectivity index (χ0n) is 6.99. The fourth-order valence-corrected chi connectivity index (χ4v) is 1.01. The van der Waals surface area contributed by atoms with Crippen molar-refractivity contribution in [2.24, 2.45) is 5.11 Å². The van der Waals surface area contributed by atoms with E-state index in [0.29, 0.717) is 11.5 Å². The number of nitrogens with zero attached hydrogens (tertiary/aromatic N) is 6. The minimum atomic E-state index is 0.512. The number of nitrogens with one attached hydrogen (secondary N) is 1. The van der Waals surface area contributed by atoms with E-state index in [1.54, 1.807) is 24.3 Å². The summed E-state index contributed by atoms with van der Waals surface area (Å²) in [6.45, 7) is 0. The van der Waals surface area contributed by atoms with Gasteiger partial charge in [-0.1, -0.05) is 29.4 Å². The van der Waals surface area contributed by atoms with Gasteiger partial charge in [0.05, 0.1) is 0 Å². The third-order valence-electron chi connectivity index (χ3n) is 1.63. The van der Waals surface area contributed by atoms with E-state index in [9.17, 15) is 0 Å². The van der Waals surface area contributed by atoms with Crippen molar-refractivity contribution in [3.63, 3.8) is 0 Å². The van der Waals surface area contributed by atoms with E-state index in [2.05, 4.69) is 30.7 Å². The molecule has 1 N–H and O–H groups in total. The predicted octanol–water partition coefficient (Wildman–Crippen LogP) is 1.81. The van der Waals surface area contributed by atoms with Crippen LogP contribution in [0.5, 0.6) is 0 Å². The van der Waals surface area contributed by atoms with Crippen LogP contribution in [0.15, 0.2) is 29.4 Å². The number of benzene rings is 1. The van der Waals surface area contributed by atoms with Crippen molar-refractivity contribution in [2.75, 3.05) is 0 Å². The third-order valence-corrected chi connectivity index (χ3v) is 1.63. The normalized spacial score (nSPS) is 9.43. The number of H-pyrrole nitrogens is 1. The summed E-state index contributed by atoms with van der Waals surface area (Å²) in [6, 6.07) is 6.89. The number of rotatable bonds is 2. The molecule has 1 heterocycles. The second-order valence-electron chi connectivity index (χ2n) is 2.47. The third kappa shape index (κ3) is 1.52. The Kier molecular flexibility index (Phi) is 2.08. The quantitative estimate of drug-likeness (QED) is 0.440. The minimum absolute atomic E-state index is 0.512. The predicted molar refractivity (Wildman–Crippen MR) is 48.4 cm³/mol. The summed E-state index contributed by atoms with van der Waals surface area (Å²) in [5.74, 6) is 0.512. The molecule has 0 saturated carbocycles. The Morgan fingerprint density at radius 2 is 2.07 bits per heavy atom. The highest BCUT2D eigenvalue weighted by molar-refractivity contribution is 5.57. The average Bonchev–Trinajstić information content (AvgIpc) is 2.72. The molecule has 2 rings (SSSR count). The van der Waals surface area contributed by atoms with Crippen molar-refractivity contribution < 1.29 is 0 Å². The van der Waals surface area contributed by atoms with Gasteiger partial charge in [-0.3, -0.25) is 0 Å². The van der Waals surface area contributed by atoms with Gasteiger partial charge in [0.25, 0.3) is 0 Å². The maximum atomic E-state index is 8.19. The Balaban J connectivity index is 2.35. The van der Waals surface area contributed by atoms with Crippen LogP contribution in [-0.4, -0.2) is 20.6 Å². The molecule has 1 aromatic heterocycles. The lowest BCUT2D eigenvalue weighted by Crippen LogP contribution is -1.79. The van der Waals surface area contributed by atoms with Gasteiger partial charge < -0.3 is 0 Å². The van der Waals surface area contributed by atoms with Crippen LogP contribution in [0.4, 0.5) is 5.69 Å². The van der Waals surface area contributed by atoms with Crippen molar-refractivity contribution in [1.29, 1.82) is 0 Å². The highest BCUT2D eigenvalue weighted by Crippen LogP contribution is 2.18. The Bertz CT molecular complexity index is 451. The molecule has 0 fully saturated rings. The summed E-state index contributed by atoms with van der Waals surface area (Å²) in [6.07, 6.45) is 0. The average molecular weight is 187 g/mol. The zero-order valence-corrected chi connectivity index (χ0v) is 6.99. The first-order valence-electron chi connectivity index (χ1n) is 3.79. The number of hydrogen-bond acceptors (Lipinski definition) is 4. The molecule has 0 aliphatic rings. The van der Waals surface area contributed by atoms with Crippen molar-refractivity contribution in [3.8, 4) is 11.4 Å². The molecular formula is C7H5N7. The summed E-state index contributed by atoms with van der Waals surface area (Å²) in [7, 11) is 0. The van der Waals surface area contributed by atoms with Crippen molar-refractivity contribution >= 4 is 5.69 Å². The molecular weight excluding hydrogens is 182 g/mol. The molecule has 0 spiro atoms. The van der Waals surface area contributed by atoms with Crippen molar-refractivity contribution in [3.05, 3.63) is 34.7 Å². The van der Waals surface area contributed by atoms with E-state index in [0.717, 1.165) is 5.56 Å². The number of aromatic amines is 1. The van der Waals surface area contributed by atoms with Crippen LogP contribution < -0.4 is 0 Å². The number of azide groups is 1. The van der Waals surface area contributed by atoms with Gasteiger partial charge in [-0.25, -0.2) is 0 Å². The molecule has 0 aliphatic carbocycles. The zero-order chi connectivity index (χ0) is 9.80. The van der Waals surface area contributed by atoms with Crippen LogP contribution in [0.1, 0.15) is 0 Å². The van der Waals surface area contributed by atoms with Crippen LogP contribution in [0.25, 0.3) is 21.8 Å². The second kappa shape index (κ2) is 3.55. The SMILES string of the molecule is [N-]=[N+]=Nc1ccc(-c2nn[nH]n2)cc1. The van der Waals surface area contributed by atoms with Gasteiger partial charge >= 0.3 is 0 Å². The Labute approximate surface area is 78.4 Å². The highest BCUT2D eigenvalue weighted by atomic mass is 15.5. The molecule has 0 radical (unpaired) electrons. The first kappa shape index (κ1) is 8.21. The van der Waals surface area contributed by atoms with Crippen molar-refractivity contribution in [1.82, 2.24) is 20.6 Å². The molecule has 2 aromatic rings. The molecule has 68 valence electrons. The summed E-state index contributed by atoms with van der Waals surface area (Å²) >= 11 is 0. The lowest BCUT2D eigenvalue weighted by molar-refractivity contribution is 0.881. The standard InChI is InChI=1S/C7H5N7/c8-12-9-6-3-1-5(2-4-6)7-10-13-14-11-7/h1-4H,(H,10,11,13,14). The van der Waals surface area contributed by atoms with Gasteiger partial charge in [0.2, 0.25) is 5.82 Å². The maximum Gasteiger partial charge on any atom is 0.204 e. The first-order valence-corrected chi connectivity index (χ1v) is 3.79. The topological polar surface area (TPSA) is 103 Å². The molecule has 14 heavy (non-hydrogen) atoms. The Hall–Kier alpha value is -2.40. The summed E-state index contributed by atoms with van der Waals surface area (Å²) in [5, 5.41) is 16.9. The molecule has 0 amide bonds. The van der Waals surface area contributed by atoms with Gasteiger partial charge in [-0.05, 0) is 10.7 Å². The van der Waals surface area contributed by atoms with Crippen molar-refractivity contribution in [2.45, 2.75) is 0 Å². The molecule has 0 saturated heterocycles. The first-order chi connectivity index (χ1) is 6.90. The van der Waals surface area contributed by atoms with Gasteiger partial charge in [0.15, 0.2) is 0 Å². The van der Waals surface area contributed by atoms with Gasteiger partial charge in [-0.15, -0.1) is 10.2 Å². The largest absolute Gasteiger partial charge is 0.204 e. The van der Waals surface area contributed by atoms with E-state index >= 15 is 0 Å². The van der Waals surface area contributed by atoms with Gasteiger partial charge in [-0.2, -0.15) is 5.21 Å². The second-order valence-corrected chi connectivity index (χ2v) is 2.47. The molecule has 0 atom stereocenters. The summed E-state index contributed by atoms with van der Waals surface area (Å²) in [5.41, 5.74) is 9.56. The van der Waals surface area contributed by atoms with E-state index in [1.165, 1.54) is 0 Å². The number of hydrogen-bond donors (Lipinski definition) is 1. The molecule has 0 unspecified atom stereocenters. The monoisotopic (exact) mass is 187 g/mol. The Morgan fingerprint density at radius 3 is 2.64 bits per heavy atom. The van der Waals surface area contributed by atoms with Crippen LogP contribution in [0.2, 0.25) is 0 Å². The van der Waals surface area contributed by atoms with Gasteiger partial charge in [0.1, 0.15) is 0 Å². The lowest BCUT2D eigenvalue weighted by atomic mass is 10.2. The maximum absolute atomic E-state index is 8.19. The van der Waals surface area contributed by atoms with Gasteiger partial charge in [0, 0.05) is 16.2 Å². The van der Waals surface area contributed by atoms with E-state index in [-0.39, 0.29) is 0 Å². The molecule has 7 heteroatoms. The van der Waals surface area contributed by atoms with Crippen LogP contribution >= 0.6 is 0 Å². The molecule has 1 aromatic carbocycles. The van der Waals surface area contributed by atoms with Crippen LogP contribution in [0, 0.1) is 0 Å². The number of aromatic nitrogens is 4. The molecule has 0 bridgehead atoms. The van der Waals surface area contributed by atoms with Crippen LogP contribution in [-0.2, 0) is 0 Å². The van der Waals surface area contributed by atoms with E-state index in [1.807, 2.05) is 0 Å². The van der Waals surface area contributed by atoms with E-state index in [4.69, 9.17) is 5.53 Å². The van der Waals surface area contributed by atoms with E-state index < -0.39 is 0 Å². The van der Waals surface area contributed by atoms with Crippen LogP contribution in [0.3, 0.4) is 0 Å². The fourth-order valence-electron chi connectivity index (χ4n) is 1.01. The molecule has 7 nitrogen and oxygen atoms in total. The summed E-state index contributed by atoms with van der Waals surface area (Å²) < 4.78 is 0. The summed E-state index contributed by atoms with van der Waals surface area (Å²) in [4.78, 5) is 2.67.